The molecule has 0 unspecified atom stereocenters. The van der Waals surface area contributed by atoms with E-state index in [4.69, 9.17) is 18.0 Å². The number of aromatic nitrogens is 8. The maximum atomic E-state index is 13.0. The molecule has 0 aliphatic rings. The number of nitrogens with one attached hydrogen (secondary N) is 4. The Morgan fingerprint density at radius 3 is 1.44 bits per heavy atom. The van der Waals surface area contributed by atoms with Gasteiger partial charge in [0.05, 0.1) is 33.6 Å². The number of rotatable bonds is 5. The van der Waals surface area contributed by atoms with E-state index in [1.807, 2.05) is 12.1 Å². The number of halogens is 14. The summed E-state index contributed by atoms with van der Waals surface area (Å²) < 4.78 is 156. The van der Waals surface area contributed by atoms with E-state index in [1.54, 1.807) is 24.3 Å². The van der Waals surface area contributed by atoms with Crippen LogP contribution < -0.4 is 16.4 Å². The molecule has 6 aromatic rings. The Kier molecular flexibility index (Phi) is 14.7. The lowest BCUT2D eigenvalue weighted by atomic mass is 10.1. The Labute approximate surface area is 349 Å². The zero-order valence-electron chi connectivity index (χ0n) is 28.2. The van der Waals surface area contributed by atoms with Crippen LogP contribution in [0.4, 0.5) is 75.4 Å². The number of nitrogens with two attached hydrogens (primary N) is 1. The van der Waals surface area contributed by atoms with Gasteiger partial charge in [-0.05, 0) is 95.4 Å². The standard InChI is InChI=1S/C16H9BrF6N6S.C8H3F6NS.C7H6BrN5/c17-9-1-2-12(11(6-9)13-26-28-29-27-13)25-14(30)24-10-4-7(15(18,19)20)3-8(5-10)16(21,22)23;9-7(10,11)4-1-5(8(12,13)14)3-6(2-4)15-16;8-4-1-2-6(9)5(3-4)7-10-12-13-11-7/h1-6H,(H2,24,25,30)(H,26,27,28,29);1-3H;1-3H,9H2,(H,10,11,12,13). The second-order valence-corrected chi connectivity index (χ2v) is 13.5. The summed E-state index contributed by atoms with van der Waals surface area (Å²) in [6.07, 6.45) is -19.7. The van der Waals surface area contributed by atoms with Gasteiger partial charge in [0.2, 0.25) is 11.6 Å². The van der Waals surface area contributed by atoms with Crippen LogP contribution >= 0.6 is 44.1 Å². The number of hydrogen-bond acceptors (Lipinski definition) is 10. The second-order valence-electron chi connectivity index (χ2n) is 11.1. The van der Waals surface area contributed by atoms with Crippen molar-refractivity contribution in [3.8, 4) is 22.8 Å². The SMILES string of the molecule is FC(F)(F)c1cc(N=S)cc(C(F)(F)F)c1.FC(F)(F)c1cc(NC(=S)Nc2ccc(Br)cc2-c2nn[nH]n2)cc(C(F)(F)F)c1.Nc1ccc(Br)cc1-c1nn[nH]n1. The molecule has 0 radical (unpaired) electrons. The summed E-state index contributed by atoms with van der Waals surface area (Å²) in [5.41, 5.74) is 1.12. The van der Waals surface area contributed by atoms with E-state index in [2.05, 4.69) is 101 Å². The quantitative estimate of drug-likeness (QED) is 0.0632. The van der Waals surface area contributed by atoms with Crippen LogP contribution in [0.25, 0.3) is 22.8 Å². The van der Waals surface area contributed by atoms with Gasteiger partial charge in [-0.25, -0.2) is 0 Å². The first kappa shape index (κ1) is 46.3. The molecule has 0 aliphatic heterocycles. The summed E-state index contributed by atoms with van der Waals surface area (Å²) in [4.78, 5) is 0. The normalized spacial score (nSPS) is 11.8. The van der Waals surface area contributed by atoms with E-state index >= 15 is 0 Å². The van der Waals surface area contributed by atoms with Gasteiger partial charge in [0.15, 0.2) is 5.11 Å². The van der Waals surface area contributed by atoms with Crippen LogP contribution in [0.5, 0.6) is 0 Å². The summed E-state index contributed by atoms with van der Waals surface area (Å²) >= 11 is 15.7. The summed E-state index contributed by atoms with van der Waals surface area (Å²) in [5, 5.41) is 31.7. The van der Waals surface area contributed by atoms with Crippen molar-refractivity contribution in [3.63, 3.8) is 0 Å². The van der Waals surface area contributed by atoms with Crippen LogP contribution in [0.15, 0.2) is 86.1 Å². The van der Waals surface area contributed by atoms with E-state index in [0.29, 0.717) is 51.5 Å². The van der Waals surface area contributed by atoms with Crippen LogP contribution in [0, 0.1) is 0 Å². The van der Waals surface area contributed by atoms with Gasteiger partial charge in [-0.15, -0.1) is 20.4 Å². The number of benzene rings is 4. The Morgan fingerprint density at radius 2 is 1.02 bits per heavy atom. The fourth-order valence-corrected chi connectivity index (χ4v) is 5.44. The molecule has 0 atom stereocenters. The first-order chi connectivity index (χ1) is 27.3. The van der Waals surface area contributed by atoms with Gasteiger partial charge in [0.25, 0.3) is 0 Å². The highest BCUT2D eigenvalue weighted by atomic mass is 79.9. The lowest BCUT2D eigenvalue weighted by Crippen LogP contribution is -2.21. The zero-order chi connectivity index (χ0) is 43.9. The molecule has 0 saturated carbocycles. The third-order valence-electron chi connectivity index (χ3n) is 6.94. The summed E-state index contributed by atoms with van der Waals surface area (Å²) in [6.45, 7) is 0. The van der Waals surface area contributed by atoms with Gasteiger partial charge in [0, 0.05) is 43.9 Å². The van der Waals surface area contributed by atoms with Gasteiger partial charge >= 0.3 is 24.7 Å². The van der Waals surface area contributed by atoms with Crippen LogP contribution in [0.2, 0.25) is 0 Å². The zero-order valence-corrected chi connectivity index (χ0v) is 33.0. The lowest BCUT2D eigenvalue weighted by molar-refractivity contribution is -0.144. The minimum absolute atomic E-state index is 0.0179. The Bertz CT molecular complexity index is 2320. The average molecular weight is 1010 g/mol. The van der Waals surface area contributed by atoms with Gasteiger partial charge in [-0.2, -0.15) is 67.5 Å². The molecule has 4 aromatic carbocycles. The molecule has 0 bridgehead atoms. The predicted molar refractivity (Wildman–Crippen MR) is 201 cm³/mol. The molecule has 59 heavy (non-hydrogen) atoms. The van der Waals surface area contributed by atoms with Gasteiger partial charge in [-0.1, -0.05) is 31.9 Å². The van der Waals surface area contributed by atoms with Crippen LogP contribution in [-0.2, 0) is 37.1 Å². The molecule has 0 saturated heterocycles. The van der Waals surface area contributed by atoms with E-state index in [0.717, 1.165) is 10.0 Å². The van der Waals surface area contributed by atoms with Crippen LogP contribution in [-0.4, -0.2) is 46.4 Å². The number of nitrogen functional groups attached to an aromatic ring is 1. The fourth-order valence-electron chi connectivity index (χ4n) is 4.39. The molecule has 0 amide bonds. The molecule has 0 fully saturated rings. The van der Waals surface area contributed by atoms with Crippen molar-refractivity contribution < 1.29 is 52.7 Å². The van der Waals surface area contributed by atoms with E-state index in [-0.39, 0.29) is 23.1 Å². The van der Waals surface area contributed by atoms with Crippen molar-refractivity contribution in [3.05, 3.63) is 104 Å². The molecule has 0 aliphatic carbocycles. The minimum Gasteiger partial charge on any atom is -0.398 e. The van der Waals surface area contributed by atoms with Gasteiger partial charge < -0.3 is 16.4 Å². The van der Waals surface area contributed by atoms with Crippen molar-refractivity contribution in [1.29, 1.82) is 0 Å². The molecule has 6 rings (SSSR count). The van der Waals surface area contributed by atoms with Gasteiger partial charge in [0.1, 0.15) is 0 Å². The maximum absolute atomic E-state index is 13.0. The molecular formula is C31H18Br2F12N12S2. The molecule has 12 nitrogen and oxygen atoms in total. The Balaban J connectivity index is 0.000000221. The predicted octanol–water partition coefficient (Wildman–Crippen LogP) is 10.8. The topological polar surface area (TPSA) is 171 Å². The number of tetrazole rings is 2. The highest BCUT2D eigenvalue weighted by Gasteiger charge is 2.38. The maximum Gasteiger partial charge on any atom is 0.416 e. The first-order valence-electron chi connectivity index (χ1n) is 15.2. The van der Waals surface area contributed by atoms with E-state index < -0.39 is 58.3 Å². The van der Waals surface area contributed by atoms with Crippen molar-refractivity contribution >= 4 is 84.4 Å². The van der Waals surface area contributed by atoms with Crippen LogP contribution in [0.3, 0.4) is 0 Å². The molecule has 28 heteroatoms. The molecular weight excluding hydrogens is 992 g/mol. The summed E-state index contributed by atoms with van der Waals surface area (Å²) in [6, 6.07) is 12.4. The lowest BCUT2D eigenvalue weighted by Gasteiger charge is -2.17. The largest absolute Gasteiger partial charge is 0.416 e. The molecule has 2 heterocycles. The molecule has 6 N–H and O–H groups in total. The number of hydrogen-bond donors (Lipinski definition) is 5. The number of alkyl halides is 12. The summed E-state index contributed by atoms with van der Waals surface area (Å²) in [7, 11) is 0. The van der Waals surface area contributed by atoms with Crippen molar-refractivity contribution in [1.82, 2.24) is 41.2 Å². The Hall–Kier alpha value is -5.35. The third-order valence-corrected chi connectivity index (χ3v) is 8.34. The highest BCUT2D eigenvalue weighted by Crippen LogP contribution is 2.39. The number of aromatic amines is 2. The fraction of sp³-hybridized carbons (Fsp3) is 0.129. The average Bonchev–Trinajstić information content (AvgIpc) is 3.88. The van der Waals surface area contributed by atoms with Crippen molar-refractivity contribution in [2.24, 2.45) is 4.36 Å². The Morgan fingerprint density at radius 1 is 0.593 bits per heavy atom. The van der Waals surface area contributed by atoms with E-state index in [1.165, 1.54) is 0 Å². The third kappa shape index (κ3) is 13.3. The molecule has 312 valence electrons. The molecule has 2 aromatic heterocycles. The first-order valence-corrected chi connectivity index (χ1v) is 17.5. The highest BCUT2D eigenvalue weighted by molar-refractivity contribution is 9.10. The summed E-state index contributed by atoms with van der Waals surface area (Å²) in [5.74, 6) is 0.693. The van der Waals surface area contributed by atoms with Crippen molar-refractivity contribution in [2.75, 3.05) is 16.4 Å². The van der Waals surface area contributed by atoms with E-state index in [9.17, 15) is 52.7 Å². The van der Waals surface area contributed by atoms with Gasteiger partial charge in [-0.3, -0.25) is 0 Å². The van der Waals surface area contributed by atoms with Crippen LogP contribution in [0.1, 0.15) is 22.3 Å². The smallest absolute Gasteiger partial charge is 0.398 e. The molecule has 0 spiro atoms. The van der Waals surface area contributed by atoms with Crippen molar-refractivity contribution in [2.45, 2.75) is 24.7 Å². The number of nitrogens with zero attached hydrogens (tertiary/aromatic N) is 7. The number of anilines is 3. The minimum atomic E-state index is -4.97. The monoisotopic (exact) mass is 1010 g/mol. The number of thiocarbonyl (C=S) groups is 1. The second kappa shape index (κ2) is 18.7. The number of H-pyrrole nitrogens is 2.